The molecule has 1 fully saturated rings. The molecule has 1 heterocycles. The van der Waals surface area contributed by atoms with Gasteiger partial charge >= 0.3 is 0 Å². The van der Waals surface area contributed by atoms with Crippen LogP contribution in [0.3, 0.4) is 0 Å². The van der Waals surface area contributed by atoms with E-state index in [9.17, 15) is 4.79 Å². The summed E-state index contributed by atoms with van der Waals surface area (Å²) in [4.78, 5) is 13.2. The molecule has 18 heavy (non-hydrogen) atoms. The van der Waals surface area contributed by atoms with Crippen LogP contribution in [-0.4, -0.2) is 57.8 Å². The molecular formula is C14H31NO3. The number of Topliss-reactive ketones (excluding diaryl/α,β-unsaturated/α-hetero) is 1. The second-order valence-corrected chi connectivity index (χ2v) is 4.15. The summed E-state index contributed by atoms with van der Waals surface area (Å²) < 4.78 is 9.39. The summed E-state index contributed by atoms with van der Waals surface area (Å²) in [6.07, 6.45) is 3.14. The first-order chi connectivity index (χ1) is 8.65. The molecule has 0 amide bonds. The summed E-state index contributed by atoms with van der Waals surface area (Å²) in [5.74, 6) is 0.281. The molecule has 0 bridgehead atoms. The summed E-state index contributed by atoms with van der Waals surface area (Å²) in [6.45, 7) is 8.49. The third kappa shape index (κ3) is 10.7. The van der Waals surface area contributed by atoms with Crippen molar-refractivity contribution in [1.29, 1.82) is 0 Å². The smallest absolute Gasteiger partial charge is 0.131 e. The molecule has 0 aliphatic carbocycles. The van der Waals surface area contributed by atoms with E-state index in [4.69, 9.17) is 4.74 Å². The molecule has 0 radical (unpaired) electrons. The van der Waals surface area contributed by atoms with Crippen LogP contribution < -0.4 is 0 Å². The highest BCUT2D eigenvalue weighted by Gasteiger charge is 2.23. The Hall–Kier alpha value is -0.450. The number of carbonyl (C=O) groups excluding carboxylic acids is 1. The van der Waals surface area contributed by atoms with Crippen molar-refractivity contribution in [2.45, 2.75) is 46.1 Å². The molecule has 0 N–H and O–H groups in total. The summed E-state index contributed by atoms with van der Waals surface area (Å²) in [5, 5.41) is 0. The Morgan fingerprint density at radius 1 is 1.28 bits per heavy atom. The van der Waals surface area contributed by atoms with Gasteiger partial charge in [0.25, 0.3) is 0 Å². The fraction of sp³-hybridized carbons (Fsp3) is 0.929. The van der Waals surface area contributed by atoms with Crippen molar-refractivity contribution in [3.05, 3.63) is 0 Å². The van der Waals surface area contributed by atoms with Crippen LogP contribution in [0.2, 0.25) is 0 Å². The maximum absolute atomic E-state index is 10.8. The molecule has 1 rings (SSSR count). The van der Waals surface area contributed by atoms with Crippen molar-refractivity contribution >= 4 is 5.78 Å². The first kappa shape index (κ1) is 19.9. The molecule has 0 aromatic carbocycles. The third-order valence-electron chi connectivity index (χ3n) is 2.61. The Bertz CT molecular complexity index is 186. The Labute approximate surface area is 113 Å². The van der Waals surface area contributed by atoms with Gasteiger partial charge in [-0.25, -0.2) is 0 Å². The van der Waals surface area contributed by atoms with Crippen LogP contribution in [0, 0.1) is 0 Å². The molecule has 4 nitrogen and oxygen atoms in total. The van der Waals surface area contributed by atoms with Crippen LogP contribution in [0.5, 0.6) is 0 Å². The minimum absolute atomic E-state index is 0.281. The van der Waals surface area contributed by atoms with Crippen LogP contribution in [-0.2, 0) is 14.3 Å². The van der Waals surface area contributed by atoms with Gasteiger partial charge in [-0.1, -0.05) is 13.8 Å². The lowest BCUT2D eigenvalue weighted by Gasteiger charge is -2.22. The number of likely N-dealkylation sites (tertiary alicyclic amines) is 1. The van der Waals surface area contributed by atoms with E-state index in [1.807, 2.05) is 13.8 Å². The van der Waals surface area contributed by atoms with Gasteiger partial charge in [-0.3, -0.25) is 9.69 Å². The highest BCUT2D eigenvalue weighted by Crippen LogP contribution is 2.17. The molecule has 1 atom stereocenters. The van der Waals surface area contributed by atoms with E-state index in [0.29, 0.717) is 12.5 Å². The van der Waals surface area contributed by atoms with E-state index < -0.39 is 0 Å². The van der Waals surface area contributed by atoms with Crippen LogP contribution in [0.15, 0.2) is 0 Å². The van der Waals surface area contributed by atoms with Gasteiger partial charge in [0.05, 0.1) is 6.61 Å². The Morgan fingerprint density at radius 2 is 1.83 bits per heavy atom. The standard InChI is InChI=1S/C10H19NO2.C2H6O.C2H6/c1-9(12)5-7-11-6-3-4-10(11)8-13-2;1-3-2;1-2/h10H,3-8H2,1-2H3;1-2H3;1-2H3/t10-;;/m1../s1. The minimum atomic E-state index is 0.281. The second-order valence-electron chi connectivity index (χ2n) is 4.15. The van der Waals surface area contributed by atoms with Crippen molar-refractivity contribution in [1.82, 2.24) is 4.90 Å². The number of nitrogens with zero attached hydrogens (tertiary/aromatic N) is 1. The highest BCUT2D eigenvalue weighted by atomic mass is 16.5. The Kier molecular flexibility index (Phi) is 16.1. The summed E-state index contributed by atoms with van der Waals surface area (Å²) in [5.41, 5.74) is 0. The zero-order chi connectivity index (χ0) is 14.4. The molecule has 0 aromatic heterocycles. The quantitative estimate of drug-likeness (QED) is 0.761. The van der Waals surface area contributed by atoms with Gasteiger partial charge in [0.15, 0.2) is 0 Å². The monoisotopic (exact) mass is 261 g/mol. The normalized spacial score (nSPS) is 18.4. The van der Waals surface area contributed by atoms with E-state index in [1.165, 1.54) is 12.8 Å². The number of ether oxygens (including phenoxy) is 2. The predicted molar refractivity (Wildman–Crippen MR) is 76.1 cm³/mol. The minimum Gasteiger partial charge on any atom is -0.388 e. The van der Waals surface area contributed by atoms with Gasteiger partial charge in [0, 0.05) is 40.3 Å². The highest BCUT2D eigenvalue weighted by molar-refractivity contribution is 5.75. The fourth-order valence-corrected chi connectivity index (χ4v) is 1.87. The molecule has 1 aliphatic heterocycles. The average molecular weight is 261 g/mol. The first-order valence-electron chi connectivity index (χ1n) is 6.78. The number of rotatable bonds is 5. The molecule has 0 aromatic rings. The van der Waals surface area contributed by atoms with Crippen molar-refractivity contribution in [3.63, 3.8) is 0 Å². The fourth-order valence-electron chi connectivity index (χ4n) is 1.87. The number of ketones is 1. The van der Waals surface area contributed by atoms with E-state index >= 15 is 0 Å². The van der Waals surface area contributed by atoms with Gasteiger partial charge < -0.3 is 9.47 Å². The van der Waals surface area contributed by atoms with Crippen LogP contribution in [0.1, 0.15) is 40.0 Å². The van der Waals surface area contributed by atoms with Crippen molar-refractivity contribution in [2.75, 3.05) is 41.0 Å². The van der Waals surface area contributed by atoms with Crippen molar-refractivity contribution < 1.29 is 14.3 Å². The number of carbonyl (C=O) groups is 1. The summed E-state index contributed by atoms with van der Waals surface area (Å²) in [6, 6.07) is 0.546. The van der Waals surface area contributed by atoms with E-state index in [-0.39, 0.29) is 5.78 Å². The SMILES string of the molecule is CC.COC.COC[C@H]1CCCN1CCC(C)=O. The number of hydrogen-bond donors (Lipinski definition) is 0. The van der Waals surface area contributed by atoms with Crippen LogP contribution in [0.4, 0.5) is 0 Å². The number of hydrogen-bond acceptors (Lipinski definition) is 4. The van der Waals surface area contributed by atoms with E-state index in [0.717, 1.165) is 19.7 Å². The van der Waals surface area contributed by atoms with Gasteiger partial charge in [-0.05, 0) is 26.3 Å². The van der Waals surface area contributed by atoms with Crippen molar-refractivity contribution in [2.24, 2.45) is 0 Å². The zero-order valence-electron chi connectivity index (χ0n) is 13.0. The molecular weight excluding hydrogens is 230 g/mol. The molecule has 1 aliphatic rings. The lowest BCUT2D eigenvalue weighted by Crippen LogP contribution is -2.34. The number of methoxy groups -OCH3 is 2. The van der Waals surface area contributed by atoms with Gasteiger partial charge in [0.1, 0.15) is 5.78 Å². The summed E-state index contributed by atoms with van der Waals surface area (Å²) in [7, 11) is 4.99. The first-order valence-corrected chi connectivity index (χ1v) is 6.78. The lowest BCUT2D eigenvalue weighted by molar-refractivity contribution is -0.117. The molecule has 0 spiro atoms. The maximum atomic E-state index is 10.8. The average Bonchev–Trinajstić information content (AvgIpc) is 2.78. The molecule has 4 heteroatoms. The van der Waals surface area contributed by atoms with Crippen LogP contribution >= 0.6 is 0 Å². The zero-order valence-corrected chi connectivity index (χ0v) is 13.0. The Morgan fingerprint density at radius 3 is 2.28 bits per heavy atom. The van der Waals surface area contributed by atoms with Gasteiger partial charge in [-0.15, -0.1) is 0 Å². The molecule has 1 saturated heterocycles. The second kappa shape index (κ2) is 14.6. The Balaban J connectivity index is 0. The van der Waals surface area contributed by atoms with E-state index in [2.05, 4.69) is 9.64 Å². The van der Waals surface area contributed by atoms with Gasteiger partial charge in [0.2, 0.25) is 0 Å². The summed E-state index contributed by atoms with van der Waals surface area (Å²) >= 11 is 0. The van der Waals surface area contributed by atoms with Crippen LogP contribution in [0.25, 0.3) is 0 Å². The van der Waals surface area contributed by atoms with E-state index in [1.54, 1.807) is 28.3 Å². The maximum Gasteiger partial charge on any atom is 0.131 e. The topological polar surface area (TPSA) is 38.8 Å². The predicted octanol–water partition coefficient (Wildman–Crippen LogP) is 2.37. The largest absolute Gasteiger partial charge is 0.388 e. The van der Waals surface area contributed by atoms with Crippen molar-refractivity contribution in [3.8, 4) is 0 Å². The van der Waals surface area contributed by atoms with Gasteiger partial charge in [-0.2, -0.15) is 0 Å². The lowest BCUT2D eigenvalue weighted by atomic mass is 10.2. The molecule has 0 unspecified atom stereocenters. The molecule has 110 valence electrons. The molecule has 0 saturated carbocycles. The third-order valence-corrected chi connectivity index (χ3v) is 2.61.